The van der Waals surface area contributed by atoms with E-state index in [1.54, 1.807) is 18.2 Å². The van der Waals surface area contributed by atoms with Crippen LogP contribution in [-0.4, -0.2) is 47.0 Å². The van der Waals surface area contributed by atoms with E-state index in [1.165, 1.54) is 18.2 Å². The van der Waals surface area contributed by atoms with Gasteiger partial charge >= 0.3 is 12.1 Å². The molecule has 1 fully saturated rings. The zero-order chi connectivity index (χ0) is 26.0. The predicted molar refractivity (Wildman–Crippen MR) is 139 cm³/mol. The molecule has 1 N–H and O–H groups in total. The third kappa shape index (κ3) is 10.3. The van der Waals surface area contributed by atoms with Gasteiger partial charge in [-0.15, -0.1) is 0 Å². The van der Waals surface area contributed by atoms with Crippen LogP contribution < -0.4 is 0 Å². The number of nitrogens with zero attached hydrogens (tertiary/aromatic N) is 1. The molecule has 0 bridgehead atoms. The normalized spacial score (nSPS) is 17.8. The van der Waals surface area contributed by atoms with Gasteiger partial charge in [-0.05, 0) is 56.2 Å². The Kier molecular flexibility index (Phi) is 12.4. The van der Waals surface area contributed by atoms with Crippen molar-refractivity contribution in [2.24, 2.45) is 5.92 Å². The molecule has 198 valence electrons. The minimum absolute atomic E-state index is 0.127. The molecule has 10 heteroatoms. The second kappa shape index (κ2) is 14.5. The van der Waals surface area contributed by atoms with Crippen molar-refractivity contribution >= 4 is 42.6 Å². The highest BCUT2D eigenvalue weighted by Crippen LogP contribution is 2.46. The molecular formula is C25H38Cl2NO6P. The minimum Gasteiger partial charge on any atom is -0.425 e. The van der Waals surface area contributed by atoms with E-state index < -0.39 is 31.8 Å². The number of carbonyl (C=O) groups excluding carboxylic acids is 2. The van der Waals surface area contributed by atoms with Crippen LogP contribution in [0.15, 0.2) is 18.2 Å². The first-order valence-electron chi connectivity index (χ1n) is 12.4. The molecule has 0 saturated heterocycles. The highest BCUT2D eigenvalue weighted by molar-refractivity contribution is 7.58. The monoisotopic (exact) mass is 549 g/mol. The molecule has 0 aromatic heterocycles. The summed E-state index contributed by atoms with van der Waals surface area (Å²) in [6.07, 6.45) is 5.37. The molecule has 1 aliphatic carbocycles. The van der Waals surface area contributed by atoms with E-state index in [0.717, 1.165) is 31.2 Å². The molecule has 1 aliphatic rings. The summed E-state index contributed by atoms with van der Waals surface area (Å²) in [5, 5.41) is 0.760. The van der Waals surface area contributed by atoms with Gasteiger partial charge in [-0.1, -0.05) is 55.5 Å². The summed E-state index contributed by atoms with van der Waals surface area (Å²) < 4.78 is 23.4. The second-order valence-corrected chi connectivity index (χ2v) is 12.7. The van der Waals surface area contributed by atoms with Crippen molar-refractivity contribution in [3.63, 3.8) is 0 Å². The van der Waals surface area contributed by atoms with Gasteiger partial charge in [0.05, 0.1) is 16.1 Å². The van der Waals surface area contributed by atoms with E-state index >= 15 is 0 Å². The number of amides is 1. The Morgan fingerprint density at radius 1 is 1.14 bits per heavy atom. The fourth-order valence-electron chi connectivity index (χ4n) is 4.43. The molecule has 1 saturated carbocycles. The van der Waals surface area contributed by atoms with Gasteiger partial charge < -0.3 is 19.3 Å². The first-order valence-corrected chi connectivity index (χ1v) is 15.2. The van der Waals surface area contributed by atoms with Crippen LogP contribution in [0.3, 0.4) is 0 Å². The summed E-state index contributed by atoms with van der Waals surface area (Å²) >= 11 is 12.2. The van der Waals surface area contributed by atoms with Crippen molar-refractivity contribution in [3.05, 3.63) is 33.8 Å². The van der Waals surface area contributed by atoms with Crippen LogP contribution in [0, 0.1) is 5.92 Å². The summed E-state index contributed by atoms with van der Waals surface area (Å²) in [6.45, 7) is 5.35. The van der Waals surface area contributed by atoms with Crippen molar-refractivity contribution in [2.75, 3.05) is 18.9 Å². The van der Waals surface area contributed by atoms with Gasteiger partial charge in [0.15, 0.2) is 0 Å². The number of carbonyl (C=O) groups is 2. The fraction of sp³-hybridized carbons (Fsp3) is 0.680. The molecule has 0 radical (unpaired) electrons. The highest BCUT2D eigenvalue weighted by Gasteiger charge is 2.29. The van der Waals surface area contributed by atoms with E-state index in [0.29, 0.717) is 35.0 Å². The highest BCUT2D eigenvalue weighted by atomic mass is 35.5. The van der Waals surface area contributed by atoms with Gasteiger partial charge in [-0.25, -0.2) is 4.79 Å². The summed E-state index contributed by atoms with van der Waals surface area (Å²) in [7, 11) is -3.30. The average molecular weight is 550 g/mol. The van der Waals surface area contributed by atoms with E-state index in [-0.39, 0.29) is 19.1 Å². The molecule has 0 spiro atoms. The first kappa shape index (κ1) is 30.0. The molecule has 2 unspecified atom stereocenters. The smallest absolute Gasteiger partial charge is 0.413 e. The third-order valence-electron chi connectivity index (χ3n) is 6.32. The van der Waals surface area contributed by atoms with E-state index in [9.17, 15) is 19.0 Å². The van der Waals surface area contributed by atoms with Crippen molar-refractivity contribution < 1.29 is 28.5 Å². The molecule has 2 rings (SSSR count). The first-order chi connectivity index (χ1) is 16.5. The zero-order valence-electron chi connectivity index (χ0n) is 20.9. The number of ether oxygens (including phenoxy) is 2. The number of hydrogen-bond acceptors (Lipinski definition) is 5. The maximum Gasteiger partial charge on any atom is 0.413 e. The van der Waals surface area contributed by atoms with Gasteiger partial charge in [-0.3, -0.25) is 9.36 Å². The molecule has 0 heterocycles. The molecule has 1 aromatic carbocycles. The minimum atomic E-state index is -3.30. The van der Waals surface area contributed by atoms with E-state index in [2.05, 4.69) is 0 Å². The van der Waals surface area contributed by atoms with Crippen LogP contribution in [0.2, 0.25) is 10.0 Å². The predicted octanol–water partition coefficient (Wildman–Crippen LogP) is 7.42. The van der Waals surface area contributed by atoms with Crippen molar-refractivity contribution in [3.8, 4) is 0 Å². The molecule has 1 amide bonds. The largest absolute Gasteiger partial charge is 0.425 e. The lowest BCUT2D eigenvalue weighted by molar-refractivity contribution is -0.166. The lowest BCUT2D eigenvalue weighted by Gasteiger charge is -2.30. The van der Waals surface area contributed by atoms with Gasteiger partial charge in [-0.2, -0.15) is 0 Å². The Balaban J connectivity index is 2.06. The van der Waals surface area contributed by atoms with E-state index in [4.69, 9.17) is 32.7 Å². The van der Waals surface area contributed by atoms with Crippen LogP contribution in [0.4, 0.5) is 4.79 Å². The summed E-state index contributed by atoms with van der Waals surface area (Å²) in [5.74, 6) is -0.143. The van der Waals surface area contributed by atoms with Crippen LogP contribution in [-0.2, 0) is 18.8 Å². The van der Waals surface area contributed by atoms with E-state index in [1.807, 2.05) is 13.8 Å². The standard InChI is InChI=1S/C25H38Cl2NO6P/c1-4-9-24(29)33-19(3)34-25(30)28(18(2)21-12-13-22(26)23(27)16-21)14-8-15-35(31,32)17-20-10-6-5-7-11-20/h12-13,16,18-20H,4-11,14-15,17H2,1-3H3,(H,31,32)/t18-,19?/m1/s1. The number of esters is 1. The molecule has 3 atom stereocenters. The number of benzene rings is 1. The molecular weight excluding hydrogens is 512 g/mol. The quantitative estimate of drug-likeness (QED) is 0.165. The fourth-order valence-corrected chi connectivity index (χ4v) is 6.73. The Morgan fingerprint density at radius 2 is 1.83 bits per heavy atom. The Bertz CT molecular complexity index is 893. The topological polar surface area (TPSA) is 93.1 Å². The number of halogens is 2. The third-order valence-corrected chi connectivity index (χ3v) is 9.16. The van der Waals surface area contributed by atoms with Crippen molar-refractivity contribution in [1.29, 1.82) is 0 Å². The van der Waals surface area contributed by atoms with Gasteiger partial charge in [0.2, 0.25) is 13.7 Å². The summed E-state index contributed by atoms with van der Waals surface area (Å²) in [4.78, 5) is 36.8. The van der Waals surface area contributed by atoms with Gasteiger partial charge in [0.25, 0.3) is 0 Å². The van der Waals surface area contributed by atoms with Crippen LogP contribution in [0.5, 0.6) is 0 Å². The van der Waals surface area contributed by atoms with Gasteiger partial charge in [0, 0.05) is 32.2 Å². The lowest BCUT2D eigenvalue weighted by atomic mass is 9.91. The van der Waals surface area contributed by atoms with Gasteiger partial charge in [0.1, 0.15) is 0 Å². The maximum absolute atomic E-state index is 13.1. The Labute approximate surface area is 218 Å². The summed E-state index contributed by atoms with van der Waals surface area (Å²) in [5.41, 5.74) is 0.737. The molecule has 35 heavy (non-hydrogen) atoms. The Morgan fingerprint density at radius 3 is 2.46 bits per heavy atom. The zero-order valence-corrected chi connectivity index (χ0v) is 23.3. The number of rotatable bonds is 12. The molecule has 1 aromatic rings. The summed E-state index contributed by atoms with van der Waals surface area (Å²) in [6, 6.07) is 4.65. The molecule has 7 nitrogen and oxygen atoms in total. The number of hydrogen-bond donors (Lipinski definition) is 1. The maximum atomic E-state index is 13.1. The van der Waals surface area contributed by atoms with Crippen LogP contribution in [0.25, 0.3) is 0 Å². The van der Waals surface area contributed by atoms with Crippen LogP contribution >= 0.6 is 30.6 Å². The molecule has 0 aliphatic heterocycles. The van der Waals surface area contributed by atoms with Crippen molar-refractivity contribution in [1.82, 2.24) is 4.90 Å². The Hall–Kier alpha value is -1.27. The average Bonchev–Trinajstić information content (AvgIpc) is 2.78. The SMILES string of the molecule is CCCC(=O)OC(C)OC(=O)N(CCCP(=O)(O)CC1CCCCC1)[C@H](C)c1ccc(Cl)c(Cl)c1. The second-order valence-electron chi connectivity index (χ2n) is 9.34. The lowest BCUT2D eigenvalue weighted by Crippen LogP contribution is -2.38. The van der Waals surface area contributed by atoms with Crippen molar-refractivity contribution in [2.45, 2.75) is 84.5 Å². The van der Waals surface area contributed by atoms with Crippen LogP contribution in [0.1, 0.15) is 83.7 Å².